The van der Waals surface area contributed by atoms with Gasteiger partial charge >= 0.3 is 17.9 Å². The summed E-state index contributed by atoms with van der Waals surface area (Å²) in [5, 5.41) is 73.4. The van der Waals surface area contributed by atoms with Gasteiger partial charge in [0.25, 0.3) is 0 Å². The quantitative estimate of drug-likeness (QED) is 0.0260. The van der Waals surface area contributed by atoms with Gasteiger partial charge in [0.2, 0.25) is 94.5 Å². The summed E-state index contributed by atoms with van der Waals surface area (Å²) in [5.41, 5.74) is 19.3. The molecule has 4 fully saturated rings. The number of nitrogens with one attached hydrogen (secondary N) is 14. The predicted octanol–water partition coefficient (Wildman–Crippen LogP) is -4.28. The summed E-state index contributed by atoms with van der Waals surface area (Å²) < 4.78 is 11.6. The number of hydrogen-bond donors (Lipinski definition) is 21. The smallest absolute Gasteiger partial charge is 0.326 e. The molecule has 4 aromatic carbocycles. The van der Waals surface area contributed by atoms with Gasteiger partial charge in [-0.1, -0.05) is 68.4 Å². The van der Waals surface area contributed by atoms with Crippen molar-refractivity contribution in [1.82, 2.24) is 79.0 Å². The lowest BCUT2D eigenvalue weighted by Gasteiger charge is -2.31. The average molecular weight is 1780 g/mol. The van der Waals surface area contributed by atoms with Gasteiger partial charge in [-0.15, -0.1) is 0 Å². The third-order valence-corrected chi connectivity index (χ3v) is 21.8. The number of benzene rings is 4. The zero-order valence-corrected chi connectivity index (χ0v) is 70.4. The number of rotatable bonds is 24. The number of aliphatic carboxylic acids is 1. The number of phenols is 3. The summed E-state index contributed by atoms with van der Waals surface area (Å²) in [6, 6.07) is -3.28. The van der Waals surface area contributed by atoms with Gasteiger partial charge in [-0.3, -0.25) is 86.3 Å². The Hall–Kier alpha value is -14.3. The molecule has 0 saturated carbocycles. The van der Waals surface area contributed by atoms with Crippen LogP contribution in [0, 0.1) is 5.92 Å². The summed E-state index contributed by atoms with van der Waals surface area (Å²) in [6.45, 7) is 2.71. The fourth-order valence-corrected chi connectivity index (χ4v) is 14.9. The number of aromatic hydroxyl groups is 3. The summed E-state index contributed by atoms with van der Waals surface area (Å²) in [4.78, 5) is 282. The number of hydrogen-bond acceptors (Lipinski definition) is 25. The van der Waals surface area contributed by atoms with E-state index in [1.165, 1.54) is 79.0 Å². The van der Waals surface area contributed by atoms with Crippen molar-refractivity contribution in [2.45, 2.75) is 227 Å². The lowest BCUT2D eigenvalue weighted by molar-refractivity contribution is -0.154. The van der Waals surface area contributed by atoms with Crippen LogP contribution in [0.2, 0.25) is 0 Å². The molecule has 0 spiro atoms. The van der Waals surface area contributed by atoms with E-state index in [2.05, 4.69) is 74.1 Å². The molecule has 0 radical (unpaired) electrons. The number of amides is 16. The number of para-hydroxylation sites is 1. The number of cyclic esters (lactones) is 1. The van der Waals surface area contributed by atoms with Gasteiger partial charge in [0.1, 0.15) is 109 Å². The molecule has 4 aliphatic heterocycles. The van der Waals surface area contributed by atoms with Crippen molar-refractivity contribution in [3.05, 3.63) is 126 Å². The highest BCUT2D eigenvalue weighted by molar-refractivity contribution is 6.02. The van der Waals surface area contributed by atoms with Gasteiger partial charge in [0.15, 0.2) is 0 Å². The van der Waals surface area contributed by atoms with E-state index in [9.17, 15) is 58.8 Å². The number of nitrogens with two attached hydrogens (primary N) is 3. The third-order valence-electron chi connectivity index (χ3n) is 21.8. The maximum Gasteiger partial charge on any atom is 0.326 e. The van der Waals surface area contributed by atoms with Crippen LogP contribution in [-0.4, -0.2) is 253 Å². The number of esters is 2. The third kappa shape index (κ3) is 28.9. The zero-order valence-electron chi connectivity index (χ0n) is 70.4. The maximum absolute atomic E-state index is 15.6. The minimum atomic E-state index is -2.33. The van der Waals surface area contributed by atoms with Crippen molar-refractivity contribution < 1.29 is 121 Å². The van der Waals surface area contributed by atoms with Crippen LogP contribution in [0.15, 0.2) is 103 Å². The maximum atomic E-state index is 15.6. The SMILES string of the molecule is CC(C)C[C@H]1NC(=O)[C@@H](NC(=O)[C@@H](CC(N)=O)NC(=O)[C@H](CCC(N)=O)NC(=O)[C@@H](N)Cc2ccc(O)cc2)C(C)OC(=O)C[C@@H]2NC(=O)[C@H]3COC(=O)CC[C@H](NC(=O)[C@H](Cc4c[nH]c5ccccc45)NC2=O)C(=O)N[C@H](C(=O)N[C@@H](Cc2ccc(O)cc2)C(=O)O)CCC(=O)NCCCC[C@H](NC1=O)C(=O)N[C@@H](Cc1ccc(O)cc1)C(=O)N1CCC[C@H]1C(=O)N3. The Morgan fingerprint density at radius 3 is 1.77 bits per heavy atom. The highest BCUT2D eigenvalue weighted by atomic mass is 16.5. The summed E-state index contributed by atoms with van der Waals surface area (Å²) >= 11 is 0. The molecule has 1 aromatic heterocycles. The van der Waals surface area contributed by atoms with Crippen LogP contribution in [0.5, 0.6) is 17.2 Å². The molecule has 4 bridgehead atoms. The lowest BCUT2D eigenvalue weighted by Crippen LogP contribution is -2.62. The second-order valence-electron chi connectivity index (χ2n) is 32.3. The molecule has 24 N–H and O–H groups in total. The number of primary amides is 2. The molecule has 128 heavy (non-hydrogen) atoms. The fourth-order valence-electron chi connectivity index (χ4n) is 14.9. The summed E-state index contributed by atoms with van der Waals surface area (Å²) in [5.74, 6) is -24.2. The number of carbonyl (C=O) groups is 19. The van der Waals surface area contributed by atoms with E-state index in [0.29, 0.717) is 33.2 Å². The summed E-state index contributed by atoms with van der Waals surface area (Å²) in [6.07, 6.45) is -9.17. The number of ether oxygens (including phenoxy) is 2. The standard InChI is InChI=1S/C85H108N18O25/c1-42(2)33-58-77(117)92-54-11-6-7-31-89-68(109)29-26-56(76(116)100-63(85(125)126)36-46-17-23-50(106)24-18-46)93-74(114)57-27-30-69(110)127-41-64(101-82(122)65-12-8-32-103(65)84(124)62(99-73(54)113)35-45-15-21-49(105)22-16-45)81(121)97-61(79(119)95-59(78(118)94-57)37-47-40-90-53-10-5-4-9-51(47)53)39-70(111)128-43(3)71(83(123)98-58)102-80(120)60(38-67(88)108)96-75(115)55(25-28-66(87)107)91-72(112)52(86)34-44-13-19-48(104)20-14-44/h4-5,9-10,13-24,40,42-43,52,54-65,71,90,104-106H,6-8,11-12,25-39,41,86H2,1-3H3,(H2,87,107)(H2,88,108)(H,89,109)(H,91,112)(H,92,117)(H,93,114)(H,94,118)(H,95,119)(H,96,115)(H,97,121)(H,98,123)(H,99,113)(H,100,116)(H,101,122)(H,102,120)(H,125,126)/t43?,52-,54-,55-,56-,57-,58+,59-,60+,61-,62-,63-,64+,65-,71-/m0/s1. The fraction of sp³-hybridized carbons (Fsp3) is 0.471. The van der Waals surface area contributed by atoms with Crippen molar-refractivity contribution >= 4 is 123 Å². The number of carboxylic acid groups (broad SMARTS) is 1. The molecule has 4 saturated heterocycles. The van der Waals surface area contributed by atoms with Gasteiger partial charge in [0, 0.05) is 68.7 Å². The first-order valence-corrected chi connectivity index (χ1v) is 41.9. The Morgan fingerprint density at radius 1 is 0.539 bits per heavy atom. The number of carbonyl (C=O) groups excluding carboxylic acids is 18. The molecule has 43 heteroatoms. The van der Waals surface area contributed by atoms with Crippen LogP contribution >= 0.6 is 0 Å². The molecular formula is C85H108N18O25. The van der Waals surface area contributed by atoms with Crippen molar-refractivity contribution in [3.8, 4) is 17.2 Å². The number of carboxylic acids is 1. The van der Waals surface area contributed by atoms with E-state index >= 15 is 52.7 Å². The first-order valence-electron chi connectivity index (χ1n) is 41.9. The van der Waals surface area contributed by atoms with E-state index < -0.39 is 273 Å². The zero-order chi connectivity index (χ0) is 93.2. The Labute approximate surface area is 732 Å². The molecule has 5 aromatic rings. The number of nitrogens with zero attached hydrogens (tertiary/aromatic N) is 1. The first-order chi connectivity index (χ1) is 60.8. The minimum absolute atomic E-state index is 0.0182. The molecule has 5 heterocycles. The van der Waals surface area contributed by atoms with E-state index in [0.717, 1.165) is 11.8 Å². The number of aromatic amines is 1. The number of fused-ring (bicyclic) bond motifs is 13. The van der Waals surface area contributed by atoms with E-state index in [1.54, 1.807) is 38.1 Å². The molecule has 688 valence electrons. The molecule has 43 nitrogen and oxygen atoms in total. The first kappa shape index (κ1) is 97.5. The van der Waals surface area contributed by atoms with Crippen LogP contribution in [0.4, 0.5) is 0 Å². The van der Waals surface area contributed by atoms with Crippen LogP contribution in [0.25, 0.3) is 10.9 Å². The van der Waals surface area contributed by atoms with Crippen molar-refractivity contribution in [1.29, 1.82) is 0 Å². The molecule has 9 rings (SSSR count). The minimum Gasteiger partial charge on any atom is -0.508 e. The van der Waals surface area contributed by atoms with Crippen molar-refractivity contribution in [2.75, 3.05) is 19.7 Å². The average Bonchev–Trinajstić information content (AvgIpc) is 1.64. The van der Waals surface area contributed by atoms with Gasteiger partial charge in [-0.2, -0.15) is 0 Å². The largest absolute Gasteiger partial charge is 0.508 e. The van der Waals surface area contributed by atoms with Crippen LogP contribution in [0.1, 0.15) is 133 Å². The van der Waals surface area contributed by atoms with Gasteiger partial charge in [-0.05, 0) is 142 Å². The van der Waals surface area contributed by atoms with Crippen LogP contribution in [0.3, 0.4) is 0 Å². The van der Waals surface area contributed by atoms with Gasteiger partial charge < -0.3 is 126 Å². The Kier molecular flexibility index (Phi) is 35.1. The number of aromatic nitrogens is 1. The van der Waals surface area contributed by atoms with Crippen LogP contribution in [-0.2, 0) is 126 Å². The second kappa shape index (κ2) is 46.1. The number of phenolic OH excluding ortho intramolecular Hbond substituents is 3. The van der Waals surface area contributed by atoms with E-state index in [1.807, 2.05) is 0 Å². The molecule has 1 unspecified atom stereocenters. The van der Waals surface area contributed by atoms with Gasteiger partial charge in [-0.25, -0.2) is 4.79 Å². The Morgan fingerprint density at radius 2 is 1.12 bits per heavy atom. The van der Waals surface area contributed by atoms with E-state index in [-0.39, 0.29) is 88.1 Å². The van der Waals surface area contributed by atoms with Crippen molar-refractivity contribution in [2.24, 2.45) is 23.1 Å². The molecule has 4 aliphatic rings. The lowest BCUT2D eigenvalue weighted by atomic mass is 10.00. The molecule has 0 aliphatic carbocycles. The normalized spacial score (nSPS) is 23.5. The molecular weight excluding hydrogens is 1670 g/mol. The topological polar surface area (TPSA) is 677 Å². The monoisotopic (exact) mass is 1780 g/mol. The van der Waals surface area contributed by atoms with Crippen LogP contribution < -0.4 is 86.3 Å². The molecule has 16 amide bonds. The Balaban J connectivity index is 1.18. The Bertz CT molecular complexity index is 4930. The summed E-state index contributed by atoms with van der Waals surface area (Å²) in [7, 11) is 0. The second-order valence-corrected chi connectivity index (χ2v) is 32.3. The van der Waals surface area contributed by atoms with Crippen molar-refractivity contribution in [3.63, 3.8) is 0 Å². The molecule has 15 atom stereocenters. The van der Waals surface area contributed by atoms with E-state index in [4.69, 9.17) is 26.7 Å². The van der Waals surface area contributed by atoms with Gasteiger partial charge in [0.05, 0.1) is 18.9 Å². The predicted molar refractivity (Wildman–Crippen MR) is 449 cm³/mol. The highest BCUT2D eigenvalue weighted by Crippen LogP contribution is 2.25. The highest BCUT2D eigenvalue weighted by Gasteiger charge is 2.44. The number of H-pyrrole nitrogens is 1.